The van der Waals surface area contributed by atoms with Gasteiger partial charge in [0.15, 0.2) is 11.0 Å². The van der Waals surface area contributed by atoms with Gasteiger partial charge in [-0.3, -0.25) is 4.79 Å². The van der Waals surface area contributed by atoms with Gasteiger partial charge < -0.3 is 65.0 Å². The highest BCUT2D eigenvalue weighted by Crippen LogP contribution is 2.50. The monoisotopic (exact) mass is 564 g/mol. The van der Waals surface area contributed by atoms with Crippen LogP contribution in [0.15, 0.2) is 39.5 Å². The number of aliphatic hydroxyl groups excluding tert-OH is 7. The van der Waals surface area contributed by atoms with E-state index in [1.54, 1.807) is 0 Å². The Bertz CT molecular complexity index is 1450. The smallest absolute Gasteiger partial charge is 0.197 e. The number of phenolic OH excluding ortho intramolecular Hbond substituents is 3. The van der Waals surface area contributed by atoms with E-state index in [0.29, 0.717) is 5.56 Å². The van der Waals surface area contributed by atoms with Gasteiger partial charge in [0.1, 0.15) is 83.3 Å². The number of ether oxygens (including phenoxy) is 2. The van der Waals surface area contributed by atoms with E-state index in [1.165, 1.54) is 24.3 Å². The zero-order chi connectivity index (χ0) is 29.0. The first-order valence-electron chi connectivity index (χ1n) is 12.3. The van der Waals surface area contributed by atoms with Crippen LogP contribution in [-0.2, 0) is 9.47 Å². The molecule has 2 aliphatic rings. The maximum atomic E-state index is 13.4. The molecule has 14 heteroatoms. The molecular weight excluding hydrogens is 536 g/mol. The molecule has 3 heterocycles. The molecule has 2 aliphatic heterocycles. The Balaban J connectivity index is 1.80. The van der Waals surface area contributed by atoms with Crippen LogP contribution in [0.2, 0.25) is 0 Å². The zero-order valence-electron chi connectivity index (χ0n) is 20.6. The first-order valence-corrected chi connectivity index (χ1v) is 12.3. The molecule has 0 bridgehead atoms. The van der Waals surface area contributed by atoms with Gasteiger partial charge in [-0.15, -0.1) is 0 Å². The number of fused-ring (bicyclic) bond motifs is 1. The van der Waals surface area contributed by atoms with Crippen LogP contribution in [0.5, 0.6) is 17.2 Å². The van der Waals surface area contributed by atoms with Gasteiger partial charge in [-0.2, -0.15) is 0 Å². The molecule has 0 aliphatic carbocycles. The Labute approximate surface area is 224 Å². The lowest BCUT2D eigenvalue weighted by Crippen LogP contribution is -2.55. The Morgan fingerprint density at radius 2 is 1.43 bits per heavy atom. The average molecular weight is 564 g/mol. The van der Waals surface area contributed by atoms with Gasteiger partial charge in [0.2, 0.25) is 0 Å². The summed E-state index contributed by atoms with van der Waals surface area (Å²) in [4.78, 5) is 13.4. The van der Waals surface area contributed by atoms with Gasteiger partial charge in [0, 0.05) is 11.6 Å². The van der Waals surface area contributed by atoms with Crippen molar-refractivity contribution < 1.29 is 65.0 Å². The maximum absolute atomic E-state index is 13.4. The second-order valence-electron chi connectivity index (χ2n) is 9.80. The van der Waals surface area contributed by atoms with Gasteiger partial charge >= 0.3 is 0 Å². The molecule has 0 amide bonds. The molecule has 2 saturated heterocycles. The number of benzene rings is 2. The first kappa shape index (κ1) is 28.2. The minimum atomic E-state index is -1.98. The molecule has 10 N–H and O–H groups in total. The average Bonchev–Trinajstić information content (AvgIpc) is 2.92. The number of rotatable bonds is 4. The van der Waals surface area contributed by atoms with Crippen molar-refractivity contribution in [3.8, 4) is 28.6 Å². The molecule has 216 valence electrons. The van der Waals surface area contributed by atoms with Crippen LogP contribution in [0, 0.1) is 0 Å². The van der Waals surface area contributed by atoms with Gasteiger partial charge in [-0.05, 0) is 24.3 Å². The van der Waals surface area contributed by atoms with Crippen LogP contribution < -0.4 is 5.43 Å². The van der Waals surface area contributed by atoms with Crippen molar-refractivity contribution in [3.05, 3.63) is 51.7 Å². The maximum Gasteiger partial charge on any atom is 0.197 e. The number of hydrogen-bond donors (Lipinski definition) is 10. The predicted molar refractivity (Wildman–Crippen MR) is 132 cm³/mol. The fourth-order valence-corrected chi connectivity index (χ4v) is 5.11. The van der Waals surface area contributed by atoms with E-state index < -0.39 is 107 Å². The molecule has 14 nitrogen and oxygen atoms in total. The van der Waals surface area contributed by atoms with Gasteiger partial charge in [0.25, 0.3) is 0 Å². The van der Waals surface area contributed by atoms with Crippen molar-refractivity contribution in [2.24, 2.45) is 0 Å². The van der Waals surface area contributed by atoms with E-state index in [0.717, 1.165) is 6.07 Å². The molecule has 1 aromatic heterocycles. The van der Waals surface area contributed by atoms with E-state index in [-0.39, 0.29) is 11.5 Å². The summed E-state index contributed by atoms with van der Waals surface area (Å²) in [6.07, 6.45) is -15.7. The third kappa shape index (κ3) is 4.49. The van der Waals surface area contributed by atoms with Crippen LogP contribution in [0.1, 0.15) is 23.3 Å². The molecule has 2 fully saturated rings. The topological polar surface area (TPSA) is 251 Å². The molecule has 2 aromatic carbocycles. The quantitative estimate of drug-likeness (QED) is 0.169. The zero-order valence-corrected chi connectivity index (χ0v) is 20.6. The Kier molecular flexibility index (Phi) is 7.47. The van der Waals surface area contributed by atoms with Crippen molar-refractivity contribution in [2.45, 2.75) is 54.9 Å². The lowest BCUT2D eigenvalue weighted by Gasteiger charge is -2.41. The number of aliphatic hydroxyl groups is 7. The summed E-state index contributed by atoms with van der Waals surface area (Å²) in [7, 11) is 0. The largest absolute Gasteiger partial charge is 0.508 e. The highest BCUT2D eigenvalue weighted by Gasteiger charge is 2.48. The van der Waals surface area contributed by atoms with Gasteiger partial charge in [-0.1, -0.05) is 0 Å². The van der Waals surface area contributed by atoms with Crippen molar-refractivity contribution in [1.82, 2.24) is 0 Å². The number of aromatic hydroxyl groups is 3. The first-order chi connectivity index (χ1) is 19.0. The van der Waals surface area contributed by atoms with E-state index in [1.807, 2.05) is 0 Å². The van der Waals surface area contributed by atoms with Crippen LogP contribution in [-0.4, -0.2) is 107 Å². The van der Waals surface area contributed by atoms with Crippen molar-refractivity contribution >= 4 is 11.0 Å². The van der Waals surface area contributed by atoms with Crippen LogP contribution in [0.25, 0.3) is 22.3 Å². The number of hydrogen-bond acceptors (Lipinski definition) is 14. The molecule has 0 saturated carbocycles. The minimum Gasteiger partial charge on any atom is -0.508 e. The highest BCUT2D eigenvalue weighted by molar-refractivity contribution is 5.92. The van der Waals surface area contributed by atoms with Crippen LogP contribution in [0.3, 0.4) is 0 Å². The molecule has 1 unspecified atom stereocenters. The Morgan fingerprint density at radius 1 is 0.775 bits per heavy atom. The molecule has 40 heavy (non-hydrogen) atoms. The third-order valence-corrected chi connectivity index (χ3v) is 7.31. The van der Waals surface area contributed by atoms with Crippen molar-refractivity contribution in [2.75, 3.05) is 13.2 Å². The van der Waals surface area contributed by atoms with Gasteiger partial charge in [-0.25, -0.2) is 0 Å². The third-order valence-electron chi connectivity index (χ3n) is 7.31. The molecule has 0 radical (unpaired) electrons. The van der Waals surface area contributed by atoms with Crippen LogP contribution in [0.4, 0.5) is 0 Å². The van der Waals surface area contributed by atoms with Gasteiger partial charge in [0.05, 0.1) is 24.3 Å². The summed E-state index contributed by atoms with van der Waals surface area (Å²) in [6.45, 7) is -1.34. The second kappa shape index (κ2) is 10.6. The highest BCUT2D eigenvalue weighted by atomic mass is 16.5. The van der Waals surface area contributed by atoms with E-state index in [9.17, 15) is 55.9 Å². The van der Waals surface area contributed by atoms with E-state index in [2.05, 4.69) is 0 Å². The molecule has 9 atom stereocenters. The molecule has 0 spiro atoms. The Morgan fingerprint density at radius 3 is 2.08 bits per heavy atom. The molecular formula is C26H28O14. The van der Waals surface area contributed by atoms with E-state index >= 15 is 0 Å². The summed E-state index contributed by atoms with van der Waals surface area (Å²) in [5.41, 5.74) is -2.15. The van der Waals surface area contributed by atoms with Crippen molar-refractivity contribution in [3.63, 3.8) is 0 Å². The summed E-state index contributed by atoms with van der Waals surface area (Å²) in [5.74, 6) is -2.01. The standard InChI is InChI=1S/C26H28O14/c27-6-13-18(32)21(35)23(37)26(40-13)15-19(33)14-10(29)5-12(8-1-3-9(28)4-2-8)39-24(14)16(20(15)34)25-22(36)17(31)11(30)7-38-25/h1-5,11,13,17-18,21-23,25-28,30-37H,6-7H2/t11-,13+,17-,18+,21-,22+,23+,25-,26?/m0/s1. The summed E-state index contributed by atoms with van der Waals surface area (Å²) >= 11 is 0. The fraction of sp³-hybridized carbons (Fsp3) is 0.423. The van der Waals surface area contributed by atoms with E-state index in [4.69, 9.17) is 13.9 Å². The lowest BCUT2D eigenvalue weighted by atomic mass is 9.85. The minimum absolute atomic E-state index is 0.0710. The Hall–Kier alpha value is -3.31. The molecule has 5 rings (SSSR count). The predicted octanol–water partition coefficient (Wildman–Crippen LogP) is -1.75. The lowest BCUT2D eigenvalue weighted by molar-refractivity contribution is -0.232. The van der Waals surface area contributed by atoms with Crippen LogP contribution >= 0.6 is 0 Å². The van der Waals surface area contributed by atoms with Crippen molar-refractivity contribution in [1.29, 1.82) is 0 Å². The summed E-state index contributed by atoms with van der Waals surface area (Å²) in [5, 5.41) is 104. The SMILES string of the molecule is O=c1cc(-c2ccc(O)cc2)oc2c([C@@H]3OC[C@H](O)[C@H](O)[C@H]3O)c(O)c(C3O[C@H](CO)[C@@H](O)[C@H](O)[C@H]3O)c(O)c12. The normalized spacial score (nSPS) is 32.8. The summed E-state index contributed by atoms with van der Waals surface area (Å²) < 4.78 is 16.9. The molecule has 3 aromatic rings. The second-order valence-corrected chi connectivity index (χ2v) is 9.80. The fourth-order valence-electron chi connectivity index (χ4n) is 5.11. The number of phenols is 3. The summed E-state index contributed by atoms with van der Waals surface area (Å²) in [6, 6.07) is 6.50.